The number of fused-ring (bicyclic) bond motifs is 3. The average Bonchev–Trinajstić information content (AvgIpc) is 2.79. The average molecular weight is 486 g/mol. The molecule has 2 aromatic rings. The Bertz CT molecular complexity index is 1140. The standard InChI is InChI=1S/C22H22ClF2NO5S/c1-30-21(27)26-11-13-8-9-22(32(28,29)16-4-2-15(23)3-5-16)14(10-13)12-31-20-18(25)7-6-17(24)19(20)22/h2-7,13-14H,8-12H2,1H3,(H,26,27)/t13-,14-,22+/m1/s1. The molecule has 1 aliphatic heterocycles. The first-order valence-corrected chi connectivity index (χ1v) is 12.0. The zero-order valence-electron chi connectivity index (χ0n) is 17.2. The normalized spacial score (nSPS) is 24.6. The van der Waals surface area contributed by atoms with Crippen LogP contribution in [-0.4, -0.2) is 34.8 Å². The van der Waals surface area contributed by atoms with E-state index < -0.39 is 38.2 Å². The highest BCUT2D eigenvalue weighted by Crippen LogP contribution is 2.57. The van der Waals surface area contributed by atoms with Crippen molar-refractivity contribution in [3.8, 4) is 5.75 Å². The van der Waals surface area contributed by atoms with Crippen LogP contribution in [0.5, 0.6) is 5.75 Å². The van der Waals surface area contributed by atoms with Gasteiger partial charge in [-0.25, -0.2) is 22.0 Å². The number of nitrogens with one attached hydrogen (secondary N) is 1. The van der Waals surface area contributed by atoms with E-state index in [1.54, 1.807) is 0 Å². The molecule has 1 fully saturated rings. The van der Waals surface area contributed by atoms with Gasteiger partial charge in [0.1, 0.15) is 10.6 Å². The number of ether oxygens (including phenoxy) is 2. The van der Waals surface area contributed by atoms with Gasteiger partial charge in [0.2, 0.25) is 0 Å². The first-order valence-electron chi connectivity index (χ1n) is 10.1. The van der Waals surface area contributed by atoms with Gasteiger partial charge in [0, 0.05) is 17.5 Å². The van der Waals surface area contributed by atoms with Crippen molar-refractivity contribution >= 4 is 27.5 Å². The smallest absolute Gasteiger partial charge is 0.406 e. The molecule has 172 valence electrons. The van der Waals surface area contributed by atoms with Gasteiger partial charge in [0.05, 0.1) is 24.2 Å². The number of carbonyl (C=O) groups excluding carboxylic acids is 1. The highest BCUT2D eigenvalue weighted by atomic mass is 35.5. The van der Waals surface area contributed by atoms with Crippen LogP contribution in [0.3, 0.4) is 0 Å². The van der Waals surface area contributed by atoms with E-state index in [2.05, 4.69) is 10.1 Å². The summed E-state index contributed by atoms with van der Waals surface area (Å²) in [7, 11) is -2.92. The van der Waals surface area contributed by atoms with Gasteiger partial charge < -0.3 is 14.8 Å². The molecular formula is C22H22ClF2NO5S. The highest BCUT2D eigenvalue weighted by molar-refractivity contribution is 7.92. The van der Waals surface area contributed by atoms with E-state index in [0.717, 1.165) is 12.1 Å². The fourth-order valence-electron chi connectivity index (χ4n) is 4.92. The van der Waals surface area contributed by atoms with Crippen LogP contribution in [0.4, 0.5) is 13.6 Å². The fourth-order valence-corrected chi connectivity index (χ4v) is 7.40. The molecule has 0 aromatic heterocycles. The molecule has 1 amide bonds. The molecule has 1 N–H and O–H groups in total. The summed E-state index contributed by atoms with van der Waals surface area (Å²) in [5.41, 5.74) is -0.261. The third kappa shape index (κ3) is 3.61. The lowest BCUT2D eigenvalue weighted by atomic mass is 9.69. The summed E-state index contributed by atoms with van der Waals surface area (Å²) >= 11 is 5.93. The lowest BCUT2D eigenvalue weighted by molar-refractivity contribution is 0.0964. The van der Waals surface area contributed by atoms with Gasteiger partial charge in [-0.15, -0.1) is 0 Å². The van der Waals surface area contributed by atoms with Crippen LogP contribution in [0.1, 0.15) is 24.8 Å². The number of sulfone groups is 1. The minimum Gasteiger partial charge on any atom is -0.490 e. The van der Waals surface area contributed by atoms with Crippen molar-refractivity contribution in [3.05, 3.63) is 58.6 Å². The van der Waals surface area contributed by atoms with Crippen molar-refractivity contribution in [3.63, 3.8) is 0 Å². The van der Waals surface area contributed by atoms with E-state index in [1.165, 1.54) is 31.4 Å². The maximum Gasteiger partial charge on any atom is 0.406 e. The number of carbonyl (C=O) groups is 1. The predicted octanol–water partition coefficient (Wildman–Crippen LogP) is 4.45. The maximum atomic E-state index is 15.2. The van der Waals surface area contributed by atoms with Crippen molar-refractivity contribution in [2.45, 2.75) is 28.9 Å². The van der Waals surface area contributed by atoms with Crippen molar-refractivity contribution in [1.29, 1.82) is 0 Å². The first-order chi connectivity index (χ1) is 15.2. The zero-order chi connectivity index (χ0) is 23.1. The molecule has 6 nitrogen and oxygen atoms in total. The highest BCUT2D eigenvalue weighted by Gasteiger charge is 2.59. The van der Waals surface area contributed by atoms with Gasteiger partial charge in [0.25, 0.3) is 0 Å². The van der Waals surface area contributed by atoms with Gasteiger partial charge in [-0.3, -0.25) is 0 Å². The number of rotatable bonds is 4. The summed E-state index contributed by atoms with van der Waals surface area (Å²) in [6, 6.07) is 7.52. The van der Waals surface area contributed by atoms with Crippen molar-refractivity contribution < 1.29 is 31.5 Å². The number of alkyl carbamates (subject to hydrolysis) is 1. The topological polar surface area (TPSA) is 81.7 Å². The molecule has 3 atom stereocenters. The molecule has 0 radical (unpaired) electrons. The third-order valence-electron chi connectivity index (χ3n) is 6.44. The monoisotopic (exact) mass is 485 g/mol. The Kier molecular flexibility index (Phi) is 6.06. The van der Waals surface area contributed by atoms with E-state index in [0.29, 0.717) is 17.9 Å². The lowest BCUT2D eigenvalue weighted by Crippen LogP contribution is -2.53. The zero-order valence-corrected chi connectivity index (χ0v) is 18.8. The molecule has 1 saturated carbocycles. The first kappa shape index (κ1) is 22.8. The molecule has 0 spiro atoms. The summed E-state index contributed by atoms with van der Waals surface area (Å²) in [6.45, 7) is 0.188. The molecular weight excluding hydrogens is 464 g/mol. The van der Waals surface area contributed by atoms with E-state index in [1.807, 2.05) is 0 Å². The molecule has 2 aliphatic rings. The van der Waals surface area contributed by atoms with Gasteiger partial charge >= 0.3 is 6.09 Å². The number of methoxy groups -OCH3 is 1. The molecule has 0 unspecified atom stereocenters. The lowest BCUT2D eigenvalue weighted by Gasteiger charge is -2.49. The molecule has 0 bridgehead atoms. The Morgan fingerprint density at radius 1 is 1.22 bits per heavy atom. The van der Waals surface area contributed by atoms with E-state index in [9.17, 15) is 17.6 Å². The van der Waals surface area contributed by atoms with Crippen LogP contribution in [0, 0.1) is 23.5 Å². The summed E-state index contributed by atoms with van der Waals surface area (Å²) < 4.78 is 66.2. The summed E-state index contributed by atoms with van der Waals surface area (Å²) in [5.74, 6) is -2.71. The van der Waals surface area contributed by atoms with Crippen LogP contribution in [-0.2, 0) is 19.3 Å². The van der Waals surface area contributed by atoms with Crippen LogP contribution < -0.4 is 10.1 Å². The number of halogens is 3. The third-order valence-corrected chi connectivity index (χ3v) is 9.28. The van der Waals surface area contributed by atoms with E-state index in [4.69, 9.17) is 16.3 Å². The van der Waals surface area contributed by atoms with Gasteiger partial charge in [-0.2, -0.15) is 0 Å². The Balaban J connectivity index is 1.83. The largest absolute Gasteiger partial charge is 0.490 e. The molecule has 2 aromatic carbocycles. The Morgan fingerprint density at radius 3 is 2.59 bits per heavy atom. The SMILES string of the molecule is COC(=O)NC[C@@H]1CC[C@@]2(S(=O)(=O)c3ccc(Cl)cc3)c3c(F)ccc(F)c3OC[C@H]2C1. The van der Waals surface area contributed by atoms with Gasteiger partial charge in [-0.1, -0.05) is 11.6 Å². The summed E-state index contributed by atoms with van der Waals surface area (Å²) in [5, 5.41) is 2.99. The van der Waals surface area contributed by atoms with Gasteiger partial charge in [0.15, 0.2) is 21.4 Å². The Morgan fingerprint density at radius 2 is 1.91 bits per heavy atom. The van der Waals surface area contributed by atoms with Crippen LogP contribution >= 0.6 is 11.6 Å². The number of benzene rings is 2. The number of hydrogen-bond acceptors (Lipinski definition) is 5. The van der Waals surface area contributed by atoms with Crippen molar-refractivity contribution in [2.24, 2.45) is 11.8 Å². The van der Waals surface area contributed by atoms with Crippen molar-refractivity contribution in [2.75, 3.05) is 20.3 Å². The molecule has 4 rings (SSSR count). The second kappa shape index (κ2) is 8.51. The second-order valence-corrected chi connectivity index (χ2v) is 10.7. The molecule has 10 heteroatoms. The number of hydrogen-bond donors (Lipinski definition) is 1. The fraction of sp³-hybridized carbons (Fsp3) is 0.409. The molecule has 1 aliphatic carbocycles. The second-order valence-electron chi connectivity index (χ2n) is 8.10. The van der Waals surface area contributed by atoms with Crippen LogP contribution in [0.15, 0.2) is 41.3 Å². The van der Waals surface area contributed by atoms with Crippen LogP contribution in [0.2, 0.25) is 5.02 Å². The molecule has 32 heavy (non-hydrogen) atoms. The Hall–Kier alpha value is -2.39. The van der Waals surface area contributed by atoms with Crippen LogP contribution in [0.25, 0.3) is 0 Å². The van der Waals surface area contributed by atoms with E-state index >= 15 is 4.39 Å². The summed E-state index contributed by atoms with van der Waals surface area (Å²) in [6.07, 6.45) is 0.177. The van der Waals surface area contributed by atoms with Crippen molar-refractivity contribution in [1.82, 2.24) is 5.32 Å². The quantitative estimate of drug-likeness (QED) is 0.691. The molecule has 1 heterocycles. The maximum absolute atomic E-state index is 15.2. The van der Waals surface area contributed by atoms with Gasteiger partial charge in [-0.05, 0) is 61.6 Å². The Labute approximate surface area is 189 Å². The minimum absolute atomic E-state index is 0.0189. The van der Waals surface area contributed by atoms with E-state index in [-0.39, 0.29) is 41.7 Å². The predicted molar refractivity (Wildman–Crippen MR) is 113 cm³/mol. The minimum atomic E-state index is -4.17. The summed E-state index contributed by atoms with van der Waals surface area (Å²) in [4.78, 5) is 11.4. The molecule has 0 saturated heterocycles. The number of amides is 1.